The number of hydrogen-bond donors (Lipinski definition) is 0. The third-order valence-corrected chi connectivity index (χ3v) is 3.79. The molecule has 1 atom stereocenters. The molecule has 20 heavy (non-hydrogen) atoms. The number of Topliss-reactive ketones (excluding diaryl/α,β-unsaturated/α-hetero) is 1. The normalized spacial score (nSPS) is 20.9. The average Bonchev–Trinajstić information content (AvgIpc) is 2.41. The third kappa shape index (κ3) is 3.35. The second-order valence-corrected chi connectivity index (χ2v) is 5.35. The lowest BCUT2D eigenvalue weighted by atomic mass is 10.1. The summed E-state index contributed by atoms with van der Waals surface area (Å²) >= 11 is 0. The first-order valence-electron chi connectivity index (χ1n) is 6.80. The van der Waals surface area contributed by atoms with Gasteiger partial charge < -0.3 is 9.64 Å². The summed E-state index contributed by atoms with van der Waals surface area (Å²) in [7, 11) is 3.49. The maximum Gasteiger partial charge on any atom is 0.176 e. The van der Waals surface area contributed by atoms with Crippen molar-refractivity contribution in [2.75, 3.05) is 40.3 Å². The molecule has 0 N–H and O–H groups in total. The average molecular weight is 280 g/mol. The standard InChI is InChI=1S/C15H21FN2O2/c1-11-9-17(2)6-7-18(11)10-14(19)12-4-5-15(20-3)13(16)8-12/h4-5,8,11H,6-7,9-10H2,1-3H3. The lowest BCUT2D eigenvalue weighted by molar-refractivity contribution is 0.0747. The summed E-state index contributed by atoms with van der Waals surface area (Å²) in [6.07, 6.45) is 0. The Morgan fingerprint density at radius 3 is 2.80 bits per heavy atom. The maximum atomic E-state index is 13.6. The van der Waals surface area contributed by atoms with Gasteiger partial charge in [0.05, 0.1) is 13.7 Å². The highest BCUT2D eigenvalue weighted by molar-refractivity contribution is 5.97. The van der Waals surface area contributed by atoms with Crippen LogP contribution in [0.15, 0.2) is 18.2 Å². The highest BCUT2D eigenvalue weighted by Gasteiger charge is 2.23. The predicted molar refractivity (Wildman–Crippen MR) is 75.8 cm³/mol. The van der Waals surface area contributed by atoms with E-state index in [0.29, 0.717) is 18.2 Å². The van der Waals surface area contributed by atoms with E-state index in [9.17, 15) is 9.18 Å². The minimum Gasteiger partial charge on any atom is -0.494 e. The van der Waals surface area contributed by atoms with Crippen LogP contribution in [0.25, 0.3) is 0 Å². The van der Waals surface area contributed by atoms with Gasteiger partial charge in [-0.2, -0.15) is 0 Å². The van der Waals surface area contributed by atoms with Crippen LogP contribution in [0.3, 0.4) is 0 Å². The molecule has 2 rings (SSSR count). The van der Waals surface area contributed by atoms with E-state index >= 15 is 0 Å². The van der Waals surface area contributed by atoms with Crippen LogP contribution >= 0.6 is 0 Å². The molecule has 1 heterocycles. The van der Waals surface area contributed by atoms with Crippen LogP contribution in [0.2, 0.25) is 0 Å². The quantitative estimate of drug-likeness (QED) is 0.785. The number of carbonyl (C=O) groups is 1. The summed E-state index contributed by atoms with van der Waals surface area (Å²) in [5, 5.41) is 0. The molecule has 1 aliphatic rings. The molecule has 0 spiro atoms. The molecule has 1 fully saturated rings. The summed E-state index contributed by atoms with van der Waals surface area (Å²) in [5.41, 5.74) is 0.398. The van der Waals surface area contributed by atoms with Gasteiger partial charge in [-0.05, 0) is 32.2 Å². The van der Waals surface area contributed by atoms with Gasteiger partial charge >= 0.3 is 0 Å². The van der Waals surface area contributed by atoms with Crippen molar-refractivity contribution in [2.45, 2.75) is 13.0 Å². The monoisotopic (exact) mass is 280 g/mol. The number of likely N-dealkylation sites (N-methyl/N-ethyl adjacent to an activating group) is 1. The second kappa shape index (κ2) is 6.33. The Hall–Kier alpha value is -1.46. The highest BCUT2D eigenvalue weighted by Crippen LogP contribution is 2.18. The largest absolute Gasteiger partial charge is 0.494 e. The Morgan fingerprint density at radius 1 is 1.45 bits per heavy atom. The lowest BCUT2D eigenvalue weighted by Crippen LogP contribution is -2.51. The number of ether oxygens (including phenoxy) is 1. The Kier molecular flexibility index (Phi) is 4.73. The molecule has 0 aromatic heterocycles. The number of carbonyl (C=O) groups excluding carboxylic acids is 1. The molecule has 0 aliphatic carbocycles. The van der Waals surface area contributed by atoms with E-state index in [1.54, 1.807) is 6.07 Å². The van der Waals surface area contributed by atoms with E-state index in [4.69, 9.17) is 4.74 Å². The molecule has 0 radical (unpaired) electrons. The molecule has 1 aromatic rings. The zero-order valence-electron chi connectivity index (χ0n) is 12.2. The molecule has 110 valence electrons. The minimum atomic E-state index is -0.496. The van der Waals surface area contributed by atoms with Gasteiger partial charge in [0.15, 0.2) is 17.3 Å². The summed E-state index contributed by atoms with van der Waals surface area (Å²) in [5.74, 6) is -0.387. The van der Waals surface area contributed by atoms with E-state index in [1.165, 1.54) is 19.2 Å². The van der Waals surface area contributed by atoms with Crippen molar-refractivity contribution in [3.8, 4) is 5.75 Å². The molecule has 1 unspecified atom stereocenters. The van der Waals surface area contributed by atoms with Crippen molar-refractivity contribution in [1.29, 1.82) is 0 Å². The Bertz CT molecular complexity index is 493. The molecule has 0 bridgehead atoms. The molecular formula is C15H21FN2O2. The van der Waals surface area contributed by atoms with E-state index in [1.807, 2.05) is 0 Å². The number of hydrogen-bond acceptors (Lipinski definition) is 4. The van der Waals surface area contributed by atoms with Crippen LogP contribution in [0.1, 0.15) is 17.3 Å². The Labute approximate surface area is 119 Å². The van der Waals surface area contributed by atoms with Gasteiger partial charge in [-0.25, -0.2) is 4.39 Å². The number of piperazine rings is 1. The van der Waals surface area contributed by atoms with Gasteiger partial charge in [-0.1, -0.05) is 0 Å². The fraction of sp³-hybridized carbons (Fsp3) is 0.533. The summed E-state index contributed by atoms with van der Waals surface area (Å²) in [4.78, 5) is 16.6. The first-order chi connectivity index (χ1) is 9.51. The Balaban J connectivity index is 2.03. The minimum absolute atomic E-state index is 0.0528. The zero-order valence-corrected chi connectivity index (χ0v) is 12.2. The van der Waals surface area contributed by atoms with Crippen molar-refractivity contribution >= 4 is 5.78 Å². The van der Waals surface area contributed by atoms with Crippen molar-refractivity contribution in [3.63, 3.8) is 0 Å². The van der Waals surface area contributed by atoms with Crippen LogP contribution in [-0.2, 0) is 0 Å². The van der Waals surface area contributed by atoms with Crippen LogP contribution in [0, 0.1) is 5.82 Å². The maximum absolute atomic E-state index is 13.6. The first-order valence-corrected chi connectivity index (χ1v) is 6.80. The summed E-state index contributed by atoms with van der Waals surface area (Å²) in [6, 6.07) is 4.70. The van der Waals surface area contributed by atoms with Gasteiger partial charge in [-0.3, -0.25) is 9.69 Å². The highest BCUT2D eigenvalue weighted by atomic mass is 19.1. The number of halogens is 1. The van der Waals surface area contributed by atoms with E-state index in [2.05, 4.69) is 23.8 Å². The molecule has 1 saturated heterocycles. The summed E-state index contributed by atoms with van der Waals surface area (Å²) < 4.78 is 18.5. The van der Waals surface area contributed by atoms with Crippen LogP contribution in [-0.4, -0.2) is 62.0 Å². The number of nitrogens with zero attached hydrogens (tertiary/aromatic N) is 2. The molecular weight excluding hydrogens is 259 g/mol. The van der Waals surface area contributed by atoms with Crippen LogP contribution < -0.4 is 4.74 Å². The van der Waals surface area contributed by atoms with Crippen molar-refractivity contribution in [1.82, 2.24) is 9.80 Å². The molecule has 1 aromatic carbocycles. The molecule has 0 amide bonds. The Morgan fingerprint density at radius 2 is 2.20 bits per heavy atom. The molecule has 1 aliphatic heterocycles. The number of methoxy groups -OCH3 is 1. The number of ketones is 1. The van der Waals surface area contributed by atoms with Crippen molar-refractivity contribution in [2.24, 2.45) is 0 Å². The molecule has 5 heteroatoms. The zero-order chi connectivity index (χ0) is 14.7. The third-order valence-electron chi connectivity index (χ3n) is 3.79. The fourth-order valence-electron chi connectivity index (χ4n) is 2.53. The van der Waals surface area contributed by atoms with Crippen molar-refractivity contribution < 1.29 is 13.9 Å². The second-order valence-electron chi connectivity index (χ2n) is 5.35. The first kappa shape index (κ1) is 14.9. The van der Waals surface area contributed by atoms with E-state index in [-0.39, 0.29) is 11.5 Å². The van der Waals surface area contributed by atoms with Gasteiger partial charge in [-0.15, -0.1) is 0 Å². The number of rotatable bonds is 4. The predicted octanol–water partition coefficient (Wildman–Crippen LogP) is 1.65. The molecule has 0 saturated carbocycles. The van der Waals surface area contributed by atoms with E-state index < -0.39 is 5.82 Å². The van der Waals surface area contributed by atoms with Gasteiger partial charge in [0, 0.05) is 31.2 Å². The van der Waals surface area contributed by atoms with Crippen LogP contribution in [0.5, 0.6) is 5.75 Å². The van der Waals surface area contributed by atoms with Gasteiger partial charge in [0.25, 0.3) is 0 Å². The fourth-order valence-corrected chi connectivity index (χ4v) is 2.53. The van der Waals surface area contributed by atoms with Crippen molar-refractivity contribution in [3.05, 3.63) is 29.6 Å². The summed E-state index contributed by atoms with van der Waals surface area (Å²) in [6.45, 7) is 5.21. The van der Waals surface area contributed by atoms with E-state index in [0.717, 1.165) is 19.6 Å². The van der Waals surface area contributed by atoms with Gasteiger partial charge in [0.1, 0.15) is 0 Å². The number of benzene rings is 1. The van der Waals surface area contributed by atoms with Crippen LogP contribution in [0.4, 0.5) is 4.39 Å². The smallest absolute Gasteiger partial charge is 0.176 e. The topological polar surface area (TPSA) is 32.8 Å². The van der Waals surface area contributed by atoms with Gasteiger partial charge in [0.2, 0.25) is 0 Å². The molecule has 4 nitrogen and oxygen atoms in total. The SMILES string of the molecule is COc1ccc(C(=O)CN2CCN(C)CC2C)cc1F. The lowest BCUT2D eigenvalue weighted by Gasteiger charge is -2.37.